The molecule has 0 radical (unpaired) electrons. The minimum atomic E-state index is -0.360. The molecule has 0 bridgehead atoms. The van der Waals surface area contributed by atoms with Gasteiger partial charge >= 0.3 is 0 Å². The lowest BCUT2D eigenvalue weighted by Crippen LogP contribution is -2.48. The summed E-state index contributed by atoms with van der Waals surface area (Å²) in [6.07, 6.45) is 2.63. The van der Waals surface area contributed by atoms with Crippen molar-refractivity contribution in [2.75, 3.05) is 33.5 Å². The molecule has 24 heavy (non-hydrogen) atoms. The van der Waals surface area contributed by atoms with E-state index in [0.717, 1.165) is 37.4 Å². The van der Waals surface area contributed by atoms with Gasteiger partial charge in [-0.25, -0.2) is 0 Å². The maximum absolute atomic E-state index is 12.5. The van der Waals surface area contributed by atoms with E-state index in [2.05, 4.69) is 17.0 Å². The summed E-state index contributed by atoms with van der Waals surface area (Å²) >= 11 is 0. The molecule has 0 spiro atoms. The lowest BCUT2D eigenvalue weighted by atomic mass is 9.80. The Balaban J connectivity index is 1.84. The Morgan fingerprint density at radius 1 is 1.33 bits per heavy atom. The molecular weight excluding hydrogens is 309 g/mol. The van der Waals surface area contributed by atoms with Gasteiger partial charge in [-0.15, -0.1) is 0 Å². The van der Waals surface area contributed by atoms with Crippen LogP contribution in [0.5, 0.6) is 11.5 Å². The van der Waals surface area contributed by atoms with Gasteiger partial charge < -0.3 is 14.6 Å². The van der Waals surface area contributed by atoms with Crippen LogP contribution in [0, 0.1) is 5.92 Å². The molecule has 1 aromatic rings. The zero-order valence-corrected chi connectivity index (χ0v) is 14.6. The van der Waals surface area contributed by atoms with Crippen molar-refractivity contribution in [3.63, 3.8) is 0 Å². The molecule has 2 aliphatic rings. The number of aliphatic hydroxyl groups is 1. The molecule has 1 fully saturated rings. The highest BCUT2D eigenvalue weighted by Crippen LogP contribution is 2.43. The van der Waals surface area contributed by atoms with Crippen LogP contribution in [0.3, 0.4) is 0 Å². The fraction of sp³-hybridized carbons (Fsp3) is 0.684. The van der Waals surface area contributed by atoms with E-state index in [9.17, 15) is 9.50 Å². The van der Waals surface area contributed by atoms with Crippen molar-refractivity contribution in [1.82, 2.24) is 4.90 Å². The predicted molar refractivity (Wildman–Crippen MR) is 91.5 cm³/mol. The highest BCUT2D eigenvalue weighted by Gasteiger charge is 2.38. The average Bonchev–Trinajstić information content (AvgIpc) is 2.59. The van der Waals surface area contributed by atoms with Gasteiger partial charge in [0.05, 0.1) is 26.5 Å². The minimum Gasteiger partial charge on any atom is -0.493 e. The van der Waals surface area contributed by atoms with Crippen molar-refractivity contribution < 1.29 is 19.0 Å². The van der Waals surface area contributed by atoms with Crippen LogP contribution < -0.4 is 9.47 Å². The van der Waals surface area contributed by atoms with Crippen LogP contribution in [0.4, 0.5) is 4.39 Å². The first kappa shape index (κ1) is 17.5. The van der Waals surface area contributed by atoms with E-state index in [-0.39, 0.29) is 24.7 Å². The summed E-state index contributed by atoms with van der Waals surface area (Å²) in [6.45, 7) is 4.09. The van der Waals surface area contributed by atoms with Crippen LogP contribution in [0.2, 0.25) is 0 Å². The molecule has 5 heteroatoms. The van der Waals surface area contributed by atoms with E-state index in [1.165, 1.54) is 11.1 Å². The first-order valence-corrected chi connectivity index (χ1v) is 8.99. The Kier molecular flexibility index (Phi) is 5.61. The van der Waals surface area contributed by atoms with E-state index >= 15 is 0 Å². The van der Waals surface area contributed by atoms with Crippen molar-refractivity contribution in [1.29, 1.82) is 0 Å². The number of piperidine rings is 1. The van der Waals surface area contributed by atoms with E-state index in [1.807, 2.05) is 6.92 Å². The first-order valence-electron chi connectivity index (χ1n) is 8.99. The normalized spacial score (nSPS) is 26.6. The van der Waals surface area contributed by atoms with Crippen LogP contribution in [-0.2, 0) is 6.42 Å². The lowest BCUT2D eigenvalue weighted by molar-refractivity contribution is -0.0161. The van der Waals surface area contributed by atoms with E-state index in [4.69, 9.17) is 9.47 Å². The van der Waals surface area contributed by atoms with Gasteiger partial charge in [-0.3, -0.25) is 9.29 Å². The highest BCUT2D eigenvalue weighted by molar-refractivity contribution is 5.49. The summed E-state index contributed by atoms with van der Waals surface area (Å²) in [5, 5.41) is 10.5. The number of benzene rings is 1. The molecule has 0 amide bonds. The van der Waals surface area contributed by atoms with E-state index < -0.39 is 0 Å². The molecule has 2 heterocycles. The van der Waals surface area contributed by atoms with Gasteiger partial charge in [0.1, 0.15) is 0 Å². The van der Waals surface area contributed by atoms with Gasteiger partial charge in [0.25, 0.3) is 0 Å². The van der Waals surface area contributed by atoms with Crippen molar-refractivity contribution in [3.05, 3.63) is 23.3 Å². The number of hydrogen-bond donors (Lipinski definition) is 1. The summed E-state index contributed by atoms with van der Waals surface area (Å²) < 4.78 is 23.7. The zero-order chi connectivity index (χ0) is 17.1. The Morgan fingerprint density at radius 2 is 2.17 bits per heavy atom. The van der Waals surface area contributed by atoms with Gasteiger partial charge in [-0.05, 0) is 61.8 Å². The molecule has 1 aromatic carbocycles. The molecule has 1 N–H and O–H groups in total. The molecule has 3 rings (SSSR count). The van der Waals surface area contributed by atoms with Crippen molar-refractivity contribution in [2.45, 2.75) is 44.8 Å². The van der Waals surface area contributed by atoms with Crippen LogP contribution in [0.25, 0.3) is 0 Å². The molecule has 1 saturated heterocycles. The van der Waals surface area contributed by atoms with Crippen molar-refractivity contribution in [3.8, 4) is 11.5 Å². The van der Waals surface area contributed by atoms with E-state index in [0.29, 0.717) is 19.4 Å². The summed E-state index contributed by atoms with van der Waals surface area (Å²) in [6, 6.07) is 4.39. The SMILES string of the molecule is CCOc1cc2c(cc1OC)CCN1C[C@@H](CCCF)[C@H](O)C[C@H]21. The van der Waals surface area contributed by atoms with Gasteiger partial charge in [-0.2, -0.15) is 0 Å². The summed E-state index contributed by atoms with van der Waals surface area (Å²) in [5.74, 6) is 1.74. The Morgan fingerprint density at radius 3 is 2.88 bits per heavy atom. The first-order chi connectivity index (χ1) is 11.7. The largest absolute Gasteiger partial charge is 0.493 e. The van der Waals surface area contributed by atoms with Gasteiger partial charge in [-0.1, -0.05) is 0 Å². The van der Waals surface area contributed by atoms with Crippen molar-refractivity contribution >= 4 is 0 Å². The third kappa shape index (κ3) is 3.38. The van der Waals surface area contributed by atoms with Crippen LogP contribution in [0.1, 0.15) is 43.4 Å². The third-order valence-corrected chi connectivity index (χ3v) is 5.38. The fourth-order valence-corrected chi connectivity index (χ4v) is 4.15. The summed E-state index contributed by atoms with van der Waals surface area (Å²) in [7, 11) is 1.67. The fourth-order valence-electron chi connectivity index (χ4n) is 4.15. The monoisotopic (exact) mass is 337 g/mol. The predicted octanol–water partition coefficient (Wildman–Crippen LogP) is 3.12. The van der Waals surface area contributed by atoms with Crippen LogP contribution >= 0.6 is 0 Å². The van der Waals surface area contributed by atoms with E-state index in [1.54, 1.807) is 7.11 Å². The lowest BCUT2D eigenvalue weighted by Gasteiger charge is -2.46. The smallest absolute Gasteiger partial charge is 0.161 e. The number of rotatable bonds is 6. The number of aliphatic hydroxyl groups excluding tert-OH is 1. The number of ether oxygens (including phenoxy) is 2. The second-order valence-corrected chi connectivity index (χ2v) is 6.79. The number of methoxy groups -OCH3 is 1. The Labute approximate surface area is 143 Å². The molecular formula is C19H28FNO3. The Hall–Kier alpha value is -1.33. The standard InChI is InChI=1S/C19H28FNO3/c1-3-24-19-10-15-13(9-18(19)23-2)6-8-21-12-14(5-4-7-20)17(22)11-16(15)21/h9-10,14,16-17,22H,3-8,11-12H2,1-2H3/t14-,16-,17-/m1/s1. The number of hydrogen-bond acceptors (Lipinski definition) is 4. The molecule has 0 saturated carbocycles. The van der Waals surface area contributed by atoms with Gasteiger partial charge in [0.15, 0.2) is 11.5 Å². The molecule has 2 aliphatic heterocycles. The zero-order valence-electron chi connectivity index (χ0n) is 14.6. The quantitative estimate of drug-likeness (QED) is 0.866. The number of nitrogens with zero attached hydrogens (tertiary/aromatic N) is 1. The summed E-state index contributed by atoms with van der Waals surface area (Å²) in [5.41, 5.74) is 2.53. The molecule has 134 valence electrons. The van der Waals surface area contributed by atoms with Crippen LogP contribution in [0.15, 0.2) is 12.1 Å². The minimum absolute atomic E-state index is 0.183. The molecule has 3 atom stereocenters. The van der Waals surface area contributed by atoms with Crippen molar-refractivity contribution in [2.24, 2.45) is 5.92 Å². The second kappa shape index (κ2) is 7.70. The highest BCUT2D eigenvalue weighted by atomic mass is 19.1. The van der Waals surface area contributed by atoms with Gasteiger partial charge in [0, 0.05) is 19.1 Å². The topological polar surface area (TPSA) is 41.9 Å². The number of alkyl halides is 1. The maximum Gasteiger partial charge on any atom is 0.161 e. The number of halogens is 1. The van der Waals surface area contributed by atoms with Crippen LogP contribution in [-0.4, -0.2) is 49.6 Å². The number of fused-ring (bicyclic) bond motifs is 3. The molecule has 0 aromatic heterocycles. The maximum atomic E-state index is 12.5. The summed E-state index contributed by atoms with van der Waals surface area (Å²) in [4.78, 5) is 2.44. The third-order valence-electron chi connectivity index (χ3n) is 5.38. The molecule has 4 nitrogen and oxygen atoms in total. The molecule has 0 unspecified atom stereocenters. The molecule has 0 aliphatic carbocycles. The van der Waals surface area contributed by atoms with Gasteiger partial charge in [0.2, 0.25) is 0 Å². The second-order valence-electron chi connectivity index (χ2n) is 6.79. The average molecular weight is 337 g/mol. The Bertz CT molecular complexity index is 566.